The van der Waals surface area contributed by atoms with Gasteiger partial charge in [0.15, 0.2) is 0 Å². The number of hydrogen-bond donors (Lipinski definition) is 1. The molecule has 0 unspecified atom stereocenters. The molecule has 2 nitrogen and oxygen atoms in total. The summed E-state index contributed by atoms with van der Waals surface area (Å²) >= 11 is 1.28. The van der Waals surface area contributed by atoms with Gasteiger partial charge in [-0.05, 0) is 41.1 Å². The molecule has 0 saturated carbocycles. The van der Waals surface area contributed by atoms with E-state index < -0.39 is 5.97 Å². The molecule has 0 spiro atoms. The number of aromatic carboxylic acids is 1. The first-order valence-corrected chi connectivity index (χ1v) is 6.95. The minimum atomic E-state index is -0.914. The van der Waals surface area contributed by atoms with Crippen molar-refractivity contribution in [3.05, 3.63) is 70.4 Å². The lowest BCUT2D eigenvalue weighted by atomic mass is 10.0. The summed E-state index contributed by atoms with van der Waals surface area (Å²) < 4.78 is 13.9. The number of benzene rings is 2. The molecular weight excluding hydrogens is 275 g/mol. The Morgan fingerprint density at radius 1 is 1.10 bits per heavy atom. The van der Waals surface area contributed by atoms with Crippen molar-refractivity contribution in [3.63, 3.8) is 0 Å². The van der Waals surface area contributed by atoms with Gasteiger partial charge in [0.2, 0.25) is 0 Å². The number of halogens is 1. The third-order valence-corrected chi connectivity index (χ3v) is 4.39. The van der Waals surface area contributed by atoms with Crippen LogP contribution >= 0.6 is 11.3 Å². The summed E-state index contributed by atoms with van der Waals surface area (Å²) in [6, 6.07) is 13.8. The highest BCUT2D eigenvalue weighted by Gasteiger charge is 2.17. The molecule has 4 heteroatoms. The molecule has 3 rings (SSSR count). The Bertz CT molecular complexity index is 775. The van der Waals surface area contributed by atoms with E-state index in [1.807, 2.05) is 24.3 Å². The summed E-state index contributed by atoms with van der Waals surface area (Å²) in [4.78, 5) is 11.7. The number of hydrogen-bond acceptors (Lipinski definition) is 2. The highest BCUT2D eigenvalue weighted by molar-refractivity contribution is 7.21. The maximum atomic E-state index is 12.9. The van der Waals surface area contributed by atoms with Crippen LogP contribution in [0, 0.1) is 5.82 Å². The number of carboxylic acids is 1. The second-order valence-corrected chi connectivity index (χ2v) is 5.57. The Balaban J connectivity index is 2.11. The predicted octanol–water partition coefficient (Wildman–Crippen LogP) is 4.33. The van der Waals surface area contributed by atoms with Gasteiger partial charge in [0.1, 0.15) is 10.7 Å². The molecule has 0 bridgehead atoms. The van der Waals surface area contributed by atoms with Crippen LogP contribution in [0.1, 0.15) is 20.8 Å². The Labute approximate surface area is 119 Å². The lowest BCUT2D eigenvalue weighted by Crippen LogP contribution is -1.99. The largest absolute Gasteiger partial charge is 0.477 e. The standard InChI is InChI=1S/C16H11FO2S/c17-11-7-5-10(6-8-11)9-13-12-3-1-2-4-14(12)20-15(13)16(18)19/h1-8H,9H2,(H,18,19). The van der Waals surface area contributed by atoms with Gasteiger partial charge in [-0.2, -0.15) is 0 Å². The Kier molecular flexibility index (Phi) is 3.24. The van der Waals surface area contributed by atoms with Gasteiger partial charge in [0.25, 0.3) is 0 Å². The van der Waals surface area contributed by atoms with Crippen LogP contribution in [0.2, 0.25) is 0 Å². The molecule has 100 valence electrons. The van der Waals surface area contributed by atoms with Gasteiger partial charge in [-0.3, -0.25) is 0 Å². The molecule has 1 heterocycles. The van der Waals surface area contributed by atoms with Crippen molar-refractivity contribution in [1.29, 1.82) is 0 Å². The lowest BCUT2D eigenvalue weighted by molar-refractivity contribution is 0.0701. The van der Waals surface area contributed by atoms with E-state index in [-0.39, 0.29) is 5.82 Å². The van der Waals surface area contributed by atoms with Crippen molar-refractivity contribution in [2.75, 3.05) is 0 Å². The van der Waals surface area contributed by atoms with Crippen LogP contribution in [0.25, 0.3) is 10.1 Å². The van der Waals surface area contributed by atoms with Crippen molar-refractivity contribution in [1.82, 2.24) is 0 Å². The van der Waals surface area contributed by atoms with Crippen molar-refractivity contribution in [2.45, 2.75) is 6.42 Å². The molecule has 0 atom stereocenters. The molecule has 20 heavy (non-hydrogen) atoms. The van der Waals surface area contributed by atoms with Crippen LogP contribution in [0.4, 0.5) is 4.39 Å². The van der Waals surface area contributed by atoms with Crippen LogP contribution < -0.4 is 0 Å². The zero-order valence-electron chi connectivity index (χ0n) is 10.5. The van der Waals surface area contributed by atoms with Gasteiger partial charge >= 0.3 is 5.97 Å². The zero-order valence-corrected chi connectivity index (χ0v) is 11.3. The third-order valence-electron chi connectivity index (χ3n) is 3.19. The van der Waals surface area contributed by atoms with Crippen molar-refractivity contribution < 1.29 is 14.3 Å². The molecule has 0 radical (unpaired) electrons. The second-order valence-electron chi connectivity index (χ2n) is 4.51. The van der Waals surface area contributed by atoms with Crippen LogP contribution in [0.3, 0.4) is 0 Å². The first kappa shape index (κ1) is 12.8. The minimum Gasteiger partial charge on any atom is -0.477 e. The average Bonchev–Trinajstić information content (AvgIpc) is 2.81. The van der Waals surface area contributed by atoms with Crippen molar-refractivity contribution in [2.24, 2.45) is 0 Å². The fraction of sp³-hybridized carbons (Fsp3) is 0.0625. The van der Waals surface area contributed by atoms with E-state index >= 15 is 0 Å². The zero-order chi connectivity index (χ0) is 14.1. The monoisotopic (exact) mass is 286 g/mol. The molecule has 0 saturated heterocycles. The summed E-state index contributed by atoms with van der Waals surface area (Å²) in [7, 11) is 0. The molecule has 0 amide bonds. The van der Waals surface area contributed by atoms with Gasteiger partial charge in [0.05, 0.1) is 0 Å². The van der Waals surface area contributed by atoms with E-state index in [0.717, 1.165) is 21.2 Å². The topological polar surface area (TPSA) is 37.3 Å². The molecule has 1 aromatic heterocycles. The highest BCUT2D eigenvalue weighted by Crippen LogP contribution is 2.32. The first-order valence-electron chi connectivity index (χ1n) is 6.13. The number of carbonyl (C=O) groups is 1. The third kappa shape index (κ3) is 2.30. The van der Waals surface area contributed by atoms with Gasteiger partial charge in [-0.1, -0.05) is 30.3 Å². The summed E-state index contributed by atoms with van der Waals surface area (Å²) in [5.41, 5.74) is 1.70. The summed E-state index contributed by atoms with van der Waals surface area (Å²) in [5, 5.41) is 10.3. The van der Waals surface area contributed by atoms with Crippen LogP contribution in [-0.2, 0) is 6.42 Å². The van der Waals surface area contributed by atoms with Crippen LogP contribution in [-0.4, -0.2) is 11.1 Å². The number of thiophene rings is 1. The van der Waals surface area contributed by atoms with Crippen molar-refractivity contribution in [3.8, 4) is 0 Å². The van der Waals surface area contributed by atoms with E-state index in [9.17, 15) is 14.3 Å². The van der Waals surface area contributed by atoms with E-state index in [2.05, 4.69) is 0 Å². The maximum Gasteiger partial charge on any atom is 0.346 e. The number of fused-ring (bicyclic) bond motifs is 1. The summed E-state index contributed by atoms with van der Waals surface area (Å²) in [6.07, 6.45) is 0.492. The number of carboxylic acid groups (broad SMARTS) is 1. The molecule has 0 fully saturated rings. The SMILES string of the molecule is O=C(O)c1sc2ccccc2c1Cc1ccc(F)cc1. The second kappa shape index (κ2) is 5.06. The van der Waals surface area contributed by atoms with E-state index in [0.29, 0.717) is 11.3 Å². The van der Waals surface area contributed by atoms with Crippen molar-refractivity contribution >= 4 is 27.4 Å². The van der Waals surface area contributed by atoms with E-state index in [4.69, 9.17) is 0 Å². The normalized spacial score (nSPS) is 10.8. The molecule has 0 aliphatic carbocycles. The quantitative estimate of drug-likeness (QED) is 0.778. The Morgan fingerprint density at radius 2 is 1.80 bits per heavy atom. The Hall–Kier alpha value is -2.20. The van der Waals surface area contributed by atoms with Gasteiger partial charge in [-0.25, -0.2) is 9.18 Å². The van der Waals surface area contributed by atoms with E-state index in [1.54, 1.807) is 12.1 Å². The molecule has 3 aromatic rings. The maximum absolute atomic E-state index is 12.9. The van der Waals surface area contributed by atoms with Gasteiger partial charge in [-0.15, -0.1) is 11.3 Å². The average molecular weight is 286 g/mol. The van der Waals surface area contributed by atoms with Gasteiger partial charge in [0, 0.05) is 4.70 Å². The summed E-state index contributed by atoms with van der Waals surface area (Å²) in [6.45, 7) is 0. The molecular formula is C16H11FO2S. The Morgan fingerprint density at radius 3 is 2.50 bits per heavy atom. The lowest BCUT2D eigenvalue weighted by Gasteiger charge is -2.03. The van der Waals surface area contributed by atoms with Crippen LogP contribution in [0.15, 0.2) is 48.5 Å². The summed E-state index contributed by atoms with van der Waals surface area (Å²) in [5.74, 6) is -1.20. The smallest absolute Gasteiger partial charge is 0.346 e. The van der Waals surface area contributed by atoms with Crippen LogP contribution in [0.5, 0.6) is 0 Å². The fourth-order valence-corrected chi connectivity index (χ4v) is 3.31. The fourth-order valence-electron chi connectivity index (χ4n) is 2.25. The predicted molar refractivity (Wildman–Crippen MR) is 78.0 cm³/mol. The first-order chi connectivity index (χ1) is 9.65. The van der Waals surface area contributed by atoms with E-state index in [1.165, 1.54) is 23.5 Å². The molecule has 2 aromatic carbocycles. The molecule has 0 aliphatic rings. The van der Waals surface area contributed by atoms with Gasteiger partial charge < -0.3 is 5.11 Å². The minimum absolute atomic E-state index is 0.289. The molecule has 0 aliphatic heterocycles. The number of rotatable bonds is 3. The highest BCUT2D eigenvalue weighted by atomic mass is 32.1. The molecule has 1 N–H and O–H groups in total.